The number of amides is 1. The molecule has 1 saturated heterocycles. The van der Waals surface area contributed by atoms with Crippen LogP contribution in [0.1, 0.15) is 20.8 Å². The molecule has 1 fully saturated rings. The fourth-order valence-electron chi connectivity index (χ4n) is 1.88. The SMILES string of the molecule is CSC(C)C(=O)N1[C@H](C)CNC[C@@H]1C. The summed E-state index contributed by atoms with van der Waals surface area (Å²) in [6.07, 6.45) is 1.99. The molecule has 0 aromatic carbocycles. The Morgan fingerprint density at radius 3 is 2.36 bits per heavy atom. The Morgan fingerprint density at radius 2 is 1.93 bits per heavy atom. The van der Waals surface area contributed by atoms with Crippen molar-refractivity contribution in [2.24, 2.45) is 0 Å². The number of rotatable bonds is 2. The molecular weight excluding hydrogens is 196 g/mol. The zero-order chi connectivity index (χ0) is 10.7. The lowest BCUT2D eigenvalue weighted by atomic mass is 10.1. The molecule has 3 atom stereocenters. The molecule has 1 aliphatic heterocycles. The van der Waals surface area contributed by atoms with Crippen molar-refractivity contribution >= 4 is 17.7 Å². The Labute approximate surface area is 90.6 Å². The van der Waals surface area contributed by atoms with Crippen molar-refractivity contribution in [3.63, 3.8) is 0 Å². The number of piperazine rings is 1. The van der Waals surface area contributed by atoms with Crippen LogP contribution in [0, 0.1) is 0 Å². The van der Waals surface area contributed by atoms with Gasteiger partial charge < -0.3 is 10.2 Å². The Kier molecular flexibility index (Phi) is 4.26. The minimum absolute atomic E-state index is 0.0815. The van der Waals surface area contributed by atoms with E-state index in [9.17, 15) is 4.79 Å². The molecule has 1 unspecified atom stereocenters. The average molecular weight is 216 g/mol. The summed E-state index contributed by atoms with van der Waals surface area (Å²) in [5.41, 5.74) is 0. The maximum absolute atomic E-state index is 12.0. The first-order valence-electron chi connectivity index (χ1n) is 5.13. The highest BCUT2D eigenvalue weighted by Crippen LogP contribution is 2.16. The lowest BCUT2D eigenvalue weighted by Crippen LogP contribution is -2.58. The largest absolute Gasteiger partial charge is 0.334 e. The first-order valence-corrected chi connectivity index (χ1v) is 6.42. The van der Waals surface area contributed by atoms with Crippen molar-refractivity contribution < 1.29 is 4.79 Å². The minimum atomic E-state index is 0.0815. The summed E-state index contributed by atoms with van der Waals surface area (Å²) in [6, 6.07) is 0.640. The topological polar surface area (TPSA) is 32.3 Å². The number of carbonyl (C=O) groups excluding carboxylic acids is 1. The molecule has 1 rings (SSSR count). The van der Waals surface area contributed by atoms with E-state index in [1.807, 2.05) is 18.1 Å². The van der Waals surface area contributed by atoms with Crippen molar-refractivity contribution in [2.75, 3.05) is 19.3 Å². The second-order valence-electron chi connectivity index (χ2n) is 3.98. The quantitative estimate of drug-likeness (QED) is 0.746. The summed E-state index contributed by atoms with van der Waals surface area (Å²) in [5.74, 6) is 0.277. The molecule has 0 aromatic heterocycles. The Balaban J connectivity index is 2.67. The molecule has 1 amide bonds. The fraction of sp³-hybridized carbons (Fsp3) is 0.900. The number of carbonyl (C=O) groups is 1. The van der Waals surface area contributed by atoms with Crippen molar-refractivity contribution in [2.45, 2.75) is 38.1 Å². The molecule has 0 radical (unpaired) electrons. The third-order valence-electron chi connectivity index (χ3n) is 2.79. The average Bonchev–Trinajstić information content (AvgIpc) is 2.16. The van der Waals surface area contributed by atoms with E-state index in [1.165, 1.54) is 0 Å². The lowest BCUT2D eigenvalue weighted by Gasteiger charge is -2.40. The molecule has 14 heavy (non-hydrogen) atoms. The maximum atomic E-state index is 12.0. The van der Waals surface area contributed by atoms with Crippen molar-refractivity contribution in [1.29, 1.82) is 0 Å². The fourth-order valence-corrected chi connectivity index (χ4v) is 2.20. The van der Waals surface area contributed by atoms with Gasteiger partial charge in [0.05, 0.1) is 5.25 Å². The normalized spacial score (nSPS) is 30.1. The van der Waals surface area contributed by atoms with Crippen LogP contribution in [-0.2, 0) is 4.79 Å². The lowest BCUT2D eigenvalue weighted by molar-refractivity contribution is -0.135. The van der Waals surface area contributed by atoms with Gasteiger partial charge in [0, 0.05) is 25.2 Å². The van der Waals surface area contributed by atoms with Crippen LogP contribution >= 0.6 is 11.8 Å². The van der Waals surface area contributed by atoms with E-state index in [2.05, 4.69) is 19.2 Å². The highest BCUT2D eigenvalue weighted by atomic mass is 32.2. The number of nitrogens with one attached hydrogen (secondary N) is 1. The third-order valence-corrected chi connectivity index (χ3v) is 3.69. The van der Waals surface area contributed by atoms with Crippen molar-refractivity contribution in [3.05, 3.63) is 0 Å². The molecule has 0 spiro atoms. The van der Waals surface area contributed by atoms with Gasteiger partial charge >= 0.3 is 0 Å². The molecule has 4 heteroatoms. The highest BCUT2D eigenvalue weighted by molar-refractivity contribution is 7.99. The number of thioether (sulfide) groups is 1. The van der Waals surface area contributed by atoms with E-state index in [0.29, 0.717) is 12.1 Å². The summed E-state index contributed by atoms with van der Waals surface area (Å²) in [5, 5.41) is 3.41. The van der Waals surface area contributed by atoms with Crippen LogP contribution in [0.4, 0.5) is 0 Å². The summed E-state index contributed by atoms with van der Waals surface area (Å²) in [4.78, 5) is 14.1. The van der Waals surface area contributed by atoms with E-state index in [0.717, 1.165) is 13.1 Å². The monoisotopic (exact) mass is 216 g/mol. The van der Waals surface area contributed by atoms with Crippen LogP contribution in [0.15, 0.2) is 0 Å². The predicted molar refractivity (Wildman–Crippen MR) is 61.6 cm³/mol. The van der Waals surface area contributed by atoms with E-state index < -0.39 is 0 Å². The number of hydrogen-bond acceptors (Lipinski definition) is 3. The molecule has 1 aliphatic rings. The van der Waals surface area contributed by atoms with Gasteiger partial charge in [-0.3, -0.25) is 4.79 Å². The standard InChI is InChI=1S/C10H20N2OS/c1-7-5-11-6-8(2)12(7)10(13)9(3)14-4/h7-9,11H,5-6H2,1-4H3/t7-,8+,9?. The van der Waals surface area contributed by atoms with Gasteiger partial charge in [-0.2, -0.15) is 11.8 Å². The van der Waals surface area contributed by atoms with Crippen LogP contribution in [0.5, 0.6) is 0 Å². The summed E-state index contributed by atoms with van der Waals surface area (Å²) in [7, 11) is 0. The van der Waals surface area contributed by atoms with E-state index >= 15 is 0 Å². The van der Waals surface area contributed by atoms with Gasteiger partial charge in [0.1, 0.15) is 0 Å². The Bertz CT molecular complexity index is 200. The molecular formula is C10H20N2OS. The smallest absolute Gasteiger partial charge is 0.235 e. The molecule has 1 N–H and O–H groups in total. The van der Waals surface area contributed by atoms with Gasteiger partial charge in [0.2, 0.25) is 5.91 Å². The number of hydrogen-bond donors (Lipinski definition) is 1. The van der Waals surface area contributed by atoms with Crippen LogP contribution in [0.2, 0.25) is 0 Å². The summed E-state index contributed by atoms with van der Waals surface area (Å²) < 4.78 is 0. The molecule has 0 aliphatic carbocycles. The van der Waals surface area contributed by atoms with Crippen LogP contribution < -0.4 is 5.32 Å². The molecule has 82 valence electrons. The Hall–Kier alpha value is -0.220. The van der Waals surface area contributed by atoms with Crippen LogP contribution in [0.25, 0.3) is 0 Å². The second-order valence-corrected chi connectivity index (χ2v) is 5.16. The van der Waals surface area contributed by atoms with E-state index in [4.69, 9.17) is 0 Å². The first kappa shape index (κ1) is 11.9. The molecule has 0 bridgehead atoms. The maximum Gasteiger partial charge on any atom is 0.235 e. The third kappa shape index (κ3) is 2.42. The summed E-state index contributed by atoms with van der Waals surface area (Å²) >= 11 is 1.62. The molecule has 1 heterocycles. The predicted octanol–water partition coefficient (Wildman–Crippen LogP) is 0.947. The van der Waals surface area contributed by atoms with Gasteiger partial charge in [-0.25, -0.2) is 0 Å². The molecule has 0 aromatic rings. The molecule has 3 nitrogen and oxygen atoms in total. The Morgan fingerprint density at radius 1 is 1.43 bits per heavy atom. The second kappa shape index (κ2) is 5.03. The van der Waals surface area contributed by atoms with E-state index in [1.54, 1.807) is 11.8 Å². The van der Waals surface area contributed by atoms with Crippen molar-refractivity contribution in [3.8, 4) is 0 Å². The van der Waals surface area contributed by atoms with Gasteiger partial charge in [-0.1, -0.05) is 0 Å². The van der Waals surface area contributed by atoms with Crippen molar-refractivity contribution in [1.82, 2.24) is 10.2 Å². The zero-order valence-electron chi connectivity index (χ0n) is 9.41. The number of nitrogens with zero attached hydrogens (tertiary/aromatic N) is 1. The van der Waals surface area contributed by atoms with Crippen LogP contribution in [0.3, 0.4) is 0 Å². The van der Waals surface area contributed by atoms with Gasteiger partial charge in [-0.05, 0) is 27.0 Å². The van der Waals surface area contributed by atoms with Gasteiger partial charge in [0.25, 0.3) is 0 Å². The zero-order valence-corrected chi connectivity index (χ0v) is 10.2. The van der Waals surface area contributed by atoms with Gasteiger partial charge in [0.15, 0.2) is 0 Å². The van der Waals surface area contributed by atoms with Crippen LogP contribution in [-0.4, -0.2) is 47.5 Å². The minimum Gasteiger partial charge on any atom is -0.334 e. The van der Waals surface area contributed by atoms with E-state index in [-0.39, 0.29) is 11.2 Å². The first-order chi connectivity index (χ1) is 6.57. The molecule has 0 saturated carbocycles. The van der Waals surface area contributed by atoms with Gasteiger partial charge in [-0.15, -0.1) is 0 Å². The summed E-state index contributed by atoms with van der Waals surface area (Å²) in [6.45, 7) is 8.02. The highest BCUT2D eigenvalue weighted by Gasteiger charge is 2.30.